The second kappa shape index (κ2) is 8.06. The van der Waals surface area contributed by atoms with Gasteiger partial charge in [-0.25, -0.2) is 9.78 Å². The first-order valence-corrected chi connectivity index (χ1v) is 9.31. The molecule has 4 nitrogen and oxygen atoms in total. The van der Waals surface area contributed by atoms with Gasteiger partial charge in [0.1, 0.15) is 5.01 Å². The average Bonchev–Trinajstić information content (AvgIpc) is 3.18. The zero-order valence-electron chi connectivity index (χ0n) is 14.6. The summed E-state index contributed by atoms with van der Waals surface area (Å²) in [7, 11) is 0. The molecule has 132 valence electrons. The van der Waals surface area contributed by atoms with Gasteiger partial charge in [0.15, 0.2) is 11.8 Å². The molecule has 3 rings (SSSR count). The van der Waals surface area contributed by atoms with Crippen molar-refractivity contribution < 1.29 is 14.3 Å². The summed E-state index contributed by atoms with van der Waals surface area (Å²) in [6.45, 7) is 3.64. The van der Waals surface area contributed by atoms with Crippen LogP contribution in [-0.4, -0.2) is 22.8 Å². The van der Waals surface area contributed by atoms with Gasteiger partial charge >= 0.3 is 5.97 Å². The lowest BCUT2D eigenvalue weighted by atomic mass is 10.0. The lowest BCUT2D eigenvalue weighted by Crippen LogP contribution is -2.24. The molecule has 0 aliphatic carbocycles. The number of hydrogen-bond donors (Lipinski definition) is 0. The van der Waals surface area contributed by atoms with Crippen molar-refractivity contribution in [2.24, 2.45) is 0 Å². The van der Waals surface area contributed by atoms with E-state index in [1.54, 1.807) is 24.4 Å². The second-order valence-electron chi connectivity index (χ2n) is 5.87. The summed E-state index contributed by atoms with van der Waals surface area (Å²) in [5.74, 6) is -0.811. The molecule has 5 heteroatoms. The van der Waals surface area contributed by atoms with E-state index >= 15 is 0 Å². The molecule has 26 heavy (non-hydrogen) atoms. The summed E-state index contributed by atoms with van der Waals surface area (Å²) in [5, 5.41) is 2.39. The van der Waals surface area contributed by atoms with Gasteiger partial charge in [0.2, 0.25) is 5.78 Å². The third kappa shape index (κ3) is 4.06. The van der Waals surface area contributed by atoms with E-state index in [0.717, 1.165) is 22.6 Å². The van der Waals surface area contributed by atoms with Gasteiger partial charge in [0, 0.05) is 16.5 Å². The number of Topliss-reactive ketones (excluding diaryl/α,β-unsaturated/α-hetero) is 1. The number of hydrogen-bond acceptors (Lipinski definition) is 5. The summed E-state index contributed by atoms with van der Waals surface area (Å²) in [4.78, 5) is 29.1. The van der Waals surface area contributed by atoms with Crippen LogP contribution in [0.15, 0.2) is 60.0 Å². The number of ether oxygens (including phenoxy) is 1. The number of thiazole rings is 1. The molecule has 2 aromatic carbocycles. The lowest BCUT2D eigenvalue weighted by Gasteiger charge is -2.11. The number of aryl methyl sites for hydroxylation is 1. The largest absolute Gasteiger partial charge is 0.450 e. The molecule has 0 radical (unpaired) electrons. The Bertz CT molecular complexity index is 901. The van der Waals surface area contributed by atoms with Gasteiger partial charge in [-0.2, -0.15) is 0 Å². The van der Waals surface area contributed by atoms with E-state index in [2.05, 4.69) is 11.9 Å². The van der Waals surface area contributed by atoms with Crippen LogP contribution in [0.3, 0.4) is 0 Å². The number of nitrogens with zero attached hydrogens (tertiary/aromatic N) is 1. The van der Waals surface area contributed by atoms with Gasteiger partial charge in [-0.15, -0.1) is 11.3 Å². The van der Waals surface area contributed by atoms with Crippen LogP contribution in [0.4, 0.5) is 0 Å². The fourth-order valence-electron chi connectivity index (χ4n) is 2.49. The maximum Gasteiger partial charge on any atom is 0.358 e. The normalized spacial score (nSPS) is 11.8. The predicted molar refractivity (Wildman–Crippen MR) is 103 cm³/mol. The van der Waals surface area contributed by atoms with Crippen molar-refractivity contribution in [3.8, 4) is 10.6 Å². The Hall–Kier alpha value is -2.79. The van der Waals surface area contributed by atoms with E-state index in [0.29, 0.717) is 5.56 Å². The zero-order chi connectivity index (χ0) is 18.5. The van der Waals surface area contributed by atoms with Crippen molar-refractivity contribution in [2.45, 2.75) is 26.4 Å². The van der Waals surface area contributed by atoms with Gasteiger partial charge in [-0.05, 0) is 18.9 Å². The quantitative estimate of drug-likeness (QED) is 0.465. The number of esters is 1. The van der Waals surface area contributed by atoms with Crippen LogP contribution in [0.2, 0.25) is 0 Å². The molecule has 0 spiro atoms. The third-order valence-corrected chi connectivity index (χ3v) is 4.93. The SMILES string of the molecule is CCc1ccc(C(=O)[C@@H](C)OC(=O)c2csc(-c3ccccc3)n2)cc1. The standard InChI is InChI=1S/C21H19NO3S/c1-3-15-9-11-16(12-10-15)19(23)14(2)25-21(24)18-13-26-20(22-18)17-7-5-4-6-8-17/h4-14H,3H2,1-2H3/t14-/m1/s1. The van der Waals surface area contributed by atoms with E-state index in [9.17, 15) is 9.59 Å². The molecule has 0 saturated heterocycles. The molecule has 0 amide bonds. The van der Waals surface area contributed by atoms with Crippen molar-refractivity contribution in [1.29, 1.82) is 0 Å². The first kappa shape index (κ1) is 18.0. The minimum absolute atomic E-state index is 0.217. The second-order valence-corrected chi connectivity index (χ2v) is 6.72. The topological polar surface area (TPSA) is 56.3 Å². The van der Waals surface area contributed by atoms with Gasteiger partial charge in [0.05, 0.1) is 0 Å². The molecule has 1 heterocycles. The van der Waals surface area contributed by atoms with Crippen LogP contribution in [-0.2, 0) is 11.2 Å². The molecule has 0 bridgehead atoms. The molecule has 0 saturated carbocycles. The molecule has 0 fully saturated rings. The van der Waals surface area contributed by atoms with Gasteiger partial charge in [-0.1, -0.05) is 61.5 Å². The minimum atomic E-state index is -0.864. The van der Waals surface area contributed by atoms with Crippen molar-refractivity contribution >= 4 is 23.1 Å². The molecule has 0 N–H and O–H groups in total. The Morgan fingerprint density at radius 3 is 2.42 bits per heavy atom. The van der Waals surface area contributed by atoms with Crippen LogP contribution < -0.4 is 0 Å². The molecule has 1 atom stereocenters. The predicted octanol–water partition coefficient (Wildman–Crippen LogP) is 4.80. The molecule has 0 unspecified atom stereocenters. The van der Waals surface area contributed by atoms with E-state index in [1.165, 1.54) is 11.3 Å². The monoisotopic (exact) mass is 365 g/mol. The average molecular weight is 365 g/mol. The first-order chi connectivity index (χ1) is 12.6. The highest BCUT2D eigenvalue weighted by Gasteiger charge is 2.22. The van der Waals surface area contributed by atoms with Crippen molar-refractivity contribution in [3.05, 3.63) is 76.8 Å². The Morgan fingerprint density at radius 1 is 1.08 bits per heavy atom. The molecular weight excluding hydrogens is 346 g/mol. The van der Waals surface area contributed by atoms with Crippen LogP contribution in [0.5, 0.6) is 0 Å². The van der Waals surface area contributed by atoms with Crippen LogP contribution >= 0.6 is 11.3 Å². The number of rotatable bonds is 6. The lowest BCUT2D eigenvalue weighted by molar-refractivity contribution is 0.0314. The number of carbonyl (C=O) groups is 2. The van der Waals surface area contributed by atoms with Crippen LogP contribution in [0.1, 0.15) is 40.3 Å². The third-order valence-electron chi connectivity index (χ3n) is 4.03. The van der Waals surface area contributed by atoms with Crippen LogP contribution in [0.25, 0.3) is 10.6 Å². The summed E-state index contributed by atoms with van der Waals surface area (Å²) in [6, 6.07) is 17.0. The van der Waals surface area contributed by atoms with E-state index in [-0.39, 0.29) is 11.5 Å². The van der Waals surface area contributed by atoms with Gasteiger partial charge in [0.25, 0.3) is 0 Å². The smallest absolute Gasteiger partial charge is 0.358 e. The van der Waals surface area contributed by atoms with Gasteiger partial charge < -0.3 is 4.74 Å². The molecule has 3 aromatic rings. The van der Waals surface area contributed by atoms with Crippen LogP contribution in [0, 0.1) is 0 Å². The molecular formula is C21H19NO3S. The highest BCUT2D eigenvalue weighted by Crippen LogP contribution is 2.24. The Labute approximate surface area is 156 Å². The minimum Gasteiger partial charge on any atom is -0.450 e. The Morgan fingerprint density at radius 2 is 1.77 bits per heavy atom. The summed E-state index contributed by atoms with van der Waals surface area (Å²) < 4.78 is 5.31. The van der Waals surface area contributed by atoms with Crippen molar-refractivity contribution in [1.82, 2.24) is 4.98 Å². The summed E-state index contributed by atoms with van der Waals surface area (Å²) in [5.41, 5.74) is 2.85. The molecule has 0 aliphatic heterocycles. The fraction of sp³-hybridized carbons (Fsp3) is 0.190. The molecule has 0 aliphatic rings. The number of aromatic nitrogens is 1. The van der Waals surface area contributed by atoms with E-state index in [4.69, 9.17) is 4.74 Å². The number of ketones is 1. The maximum atomic E-state index is 12.4. The Kier molecular flexibility index (Phi) is 5.58. The summed E-state index contributed by atoms with van der Waals surface area (Å²) in [6.07, 6.45) is 0.0453. The highest BCUT2D eigenvalue weighted by molar-refractivity contribution is 7.13. The maximum absolute atomic E-state index is 12.4. The first-order valence-electron chi connectivity index (χ1n) is 8.43. The zero-order valence-corrected chi connectivity index (χ0v) is 15.5. The highest BCUT2D eigenvalue weighted by atomic mass is 32.1. The number of carbonyl (C=O) groups excluding carboxylic acids is 2. The summed E-state index contributed by atoms with van der Waals surface area (Å²) >= 11 is 1.37. The van der Waals surface area contributed by atoms with Gasteiger partial charge in [-0.3, -0.25) is 4.79 Å². The molecule has 1 aromatic heterocycles. The van der Waals surface area contributed by atoms with E-state index < -0.39 is 12.1 Å². The number of benzene rings is 2. The fourth-order valence-corrected chi connectivity index (χ4v) is 3.29. The van der Waals surface area contributed by atoms with Crippen molar-refractivity contribution in [2.75, 3.05) is 0 Å². The Balaban J connectivity index is 1.67. The van der Waals surface area contributed by atoms with E-state index in [1.807, 2.05) is 42.5 Å². The van der Waals surface area contributed by atoms with Crippen molar-refractivity contribution in [3.63, 3.8) is 0 Å².